The predicted octanol–water partition coefficient (Wildman–Crippen LogP) is 2.76. The van der Waals surface area contributed by atoms with E-state index in [-0.39, 0.29) is 5.91 Å². The smallest absolute Gasteiger partial charge is 0.272 e. The number of carbonyl (C=O) groups is 1. The highest BCUT2D eigenvalue weighted by molar-refractivity contribution is 9.10. The lowest BCUT2D eigenvalue weighted by molar-refractivity contribution is 0.0299. The van der Waals surface area contributed by atoms with Crippen molar-refractivity contribution in [3.05, 3.63) is 46.3 Å². The lowest BCUT2D eigenvalue weighted by atomic mass is 10.2. The van der Waals surface area contributed by atoms with Crippen LogP contribution in [0.15, 0.2) is 35.1 Å². The molecule has 120 valence electrons. The first kappa shape index (κ1) is 15.9. The number of amides is 1. The molecule has 0 bridgehead atoms. The van der Waals surface area contributed by atoms with Crippen LogP contribution in [0.2, 0.25) is 0 Å². The Labute approximate surface area is 143 Å². The summed E-state index contributed by atoms with van der Waals surface area (Å²) in [6.07, 6.45) is 1.40. The molecule has 1 aliphatic heterocycles. The van der Waals surface area contributed by atoms with E-state index in [4.69, 9.17) is 4.74 Å². The second-order valence-corrected chi connectivity index (χ2v) is 6.14. The van der Waals surface area contributed by atoms with Gasteiger partial charge in [0, 0.05) is 29.3 Å². The van der Waals surface area contributed by atoms with Crippen molar-refractivity contribution in [3.8, 4) is 0 Å². The molecule has 1 aromatic heterocycles. The van der Waals surface area contributed by atoms with Gasteiger partial charge in [-0.1, -0.05) is 22.0 Å². The van der Waals surface area contributed by atoms with Crippen LogP contribution in [0.4, 0.5) is 11.5 Å². The summed E-state index contributed by atoms with van der Waals surface area (Å²) in [5.74, 6) is 0.496. The summed E-state index contributed by atoms with van der Waals surface area (Å²) in [4.78, 5) is 22.5. The maximum Gasteiger partial charge on any atom is 0.272 e. The molecule has 6 nitrogen and oxygen atoms in total. The third-order valence-corrected chi connectivity index (χ3v) is 4.48. The van der Waals surface area contributed by atoms with Gasteiger partial charge in [0.25, 0.3) is 5.91 Å². The molecule has 0 atom stereocenters. The third kappa shape index (κ3) is 3.86. The van der Waals surface area contributed by atoms with Crippen molar-refractivity contribution in [3.63, 3.8) is 0 Å². The number of carbonyl (C=O) groups excluding carboxylic acids is 1. The molecule has 1 saturated heterocycles. The van der Waals surface area contributed by atoms with Gasteiger partial charge in [-0.2, -0.15) is 0 Å². The number of halogens is 1. The molecule has 0 aliphatic carbocycles. The molecule has 0 radical (unpaired) electrons. The first-order chi connectivity index (χ1) is 11.1. The fraction of sp³-hybridized carbons (Fsp3) is 0.312. The van der Waals surface area contributed by atoms with Crippen LogP contribution in [0.3, 0.4) is 0 Å². The van der Waals surface area contributed by atoms with Crippen LogP contribution in [-0.2, 0) is 4.74 Å². The zero-order valence-corrected chi connectivity index (χ0v) is 14.3. The highest BCUT2D eigenvalue weighted by Gasteiger charge is 2.20. The molecule has 23 heavy (non-hydrogen) atoms. The van der Waals surface area contributed by atoms with E-state index in [9.17, 15) is 4.79 Å². The van der Waals surface area contributed by atoms with E-state index in [1.807, 2.05) is 25.1 Å². The fourth-order valence-corrected chi connectivity index (χ4v) is 2.67. The number of rotatable bonds is 3. The van der Waals surface area contributed by atoms with Gasteiger partial charge in [-0.25, -0.2) is 9.97 Å². The van der Waals surface area contributed by atoms with Crippen LogP contribution in [0.5, 0.6) is 0 Å². The quantitative estimate of drug-likeness (QED) is 0.891. The molecule has 2 heterocycles. The molecule has 3 rings (SSSR count). The van der Waals surface area contributed by atoms with Crippen LogP contribution in [-0.4, -0.2) is 47.1 Å². The van der Waals surface area contributed by atoms with Gasteiger partial charge in [0.2, 0.25) is 0 Å². The third-order valence-electron chi connectivity index (χ3n) is 3.63. The standard InChI is InChI=1S/C16H17BrN4O2/c1-11-2-3-12(8-13(11)17)20-15-9-14(18-10-19-15)16(22)21-4-6-23-7-5-21/h2-3,8-10H,4-7H2,1H3,(H,18,19,20). The van der Waals surface area contributed by atoms with Crippen molar-refractivity contribution in [1.29, 1.82) is 0 Å². The fourth-order valence-electron chi connectivity index (χ4n) is 2.29. The maximum absolute atomic E-state index is 12.4. The van der Waals surface area contributed by atoms with Crippen LogP contribution in [0.1, 0.15) is 16.1 Å². The Bertz CT molecular complexity index is 717. The van der Waals surface area contributed by atoms with Gasteiger partial charge in [0.15, 0.2) is 0 Å². The molecule has 1 N–H and O–H groups in total. The lowest BCUT2D eigenvalue weighted by Gasteiger charge is -2.26. The summed E-state index contributed by atoms with van der Waals surface area (Å²) < 4.78 is 6.28. The van der Waals surface area contributed by atoms with Crippen LogP contribution >= 0.6 is 15.9 Å². The monoisotopic (exact) mass is 376 g/mol. The van der Waals surface area contributed by atoms with Crippen LogP contribution < -0.4 is 5.32 Å². The number of hydrogen-bond acceptors (Lipinski definition) is 5. The predicted molar refractivity (Wildman–Crippen MR) is 90.9 cm³/mol. The largest absolute Gasteiger partial charge is 0.378 e. The Balaban J connectivity index is 1.76. The van der Waals surface area contributed by atoms with Crippen LogP contribution in [0, 0.1) is 6.92 Å². The average molecular weight is 377 g/mol. The maximum atomic E-state index is 12.4. The van der Waals surface area contributed by atoms with Gasteiger partial charge in [0.05, 0.1) is 13.2 Å². The number of anilines is 2. The minimum Gasteiger partial charge on any atom is -0.378 e. The molecule has 1 aliphatic rings. The SMILES string of the molecule is Cc1ccc(Nc2cc(C(=O)N3CCOCC3)ncn2)cc1Br. The van der Waals surface area contributed by atoms with Gasteiger partial charge in [0.1, 0.15) is 17.8 Å². The molecule has 1 aromatic carbocycles. The van der Waals surface area contributed by atoms with Gasteiger partial charge >= 0.3 is 0 Å². The summed E-state index contributed by atoms with van der Waals surface area (Å²) in [5.41, 5.74) is 2.43. The molecule has 1 amide bonds. The second kappa shape index (κ2) is 7.06. The second-order valence-electron chi connectivity index (χ2n) is 5.28. The molecule has 0 unspecified atom stereocenters. The molecular formula is C16H17BrN4O2. The van der Waals surface area contributed by atoms with Crippen molar-refractivity contribution in [1.82, 2.24) is 14.9 Å². The first-order valence-electron chi connectivity index (χ1n) is 7.36. The topological polar surface area (TPSA) is 67.4 Å². The summed E-state index contributed by atoms with van der Waals surface area (Å²) >= 11 is 3.50. The lowest BCUT2D eigenvalue weighted by Crippen LogP contribution is -2.41. The van der Waals surface area contributed by atoms with Crippen molar-refractivity contribution in [2.75, 3.05) is 31.6 Å². The normalized spacial score (nSPS) is 14.6. The number of aromatic nitrogens is 2. The number of ether oxygens (including phenoxy) is 1. The number of hydrogen-bond donors (Lipinski definition) is 1. The molecule has 0 saturated carbocycles. The summed E-state index contributed by atoms with van der Waals surface area (Å²) in [5, 5.41) is 3.19. The van der Waals surface area contributed by atoms with Gasteiger partial charge in [-0.15, -0.1) is 0 Å². The Morgan fingerprint density at radius 1 is 1.26 bits per heavy atom. The van der Waals surface area contributed by atoms with E-state index in [1.54, 1.807) is 11.0 Å². The van der Waals surface area contributed by atoms with E-state index >= 15 is 0 Å². The van der Waals surface area contributed by atoms with E-state index < -0.39 is 0 Å². The molecule has 7 heteroatoms. The number of nitrogens with zero attached hydrogens (tertiary/aromatic N) is 3. The van der Waals surface area contributed by atoms with Crippen molar-refractivity contribution >= 4 is 33.3 Å². The van der Waals surface area contributed by atoms with E-state index in [0.717, 1.165) is 15.7 Å². The number of benzene rings is 1. The molecule has 1 fully saturated rings. The number of aryl methyl sites for hydroxylation is 1. The van der Waals surface area contributed by atoms with Crippen molar-refractivity contribution in [2.24, 2.45) is 0 Å². The highest BCUT2D eigenvalue weighted by atomic mass is 79.9. The average Bonchev–Trinajstić information content (AvgIpc) is 2.58. The Kier molecular flexibility index (Phi) is 4.88. The zero-order valence-electron chi connectivity index (χ0n) is 12.8. The first-order valence-corrected chi connectivity index (χ1v) is 8.15. The molecule has 2 aromatic rings. The Hall–Kier alpha value is -1.99. The van der Waals surface area contributed by atoms with Gasteiger partial charge < -0.3 is 15.0 Å². The van der Waals surface area contributed by atoms with E-state index in [2.05, 4.69) is 31.2 Å². The van der Waals surface area contributed by atoms with Crippen LogP contribution in [0.25, 0.3) is 0 Å². The number of morpholine rings is 1. The number of nitrogens with one attached hydrogen (secondary N) is 1. The van der Waals surface area contributed by atoms with Crippen molar-refractivity contribution < 1.29 is 9.53 Å². The minimum atomic E-state index is -0.0937. The van der Waals surface area contributed by atoms with Gasteiger partial charge in [-0.3, -0.25) is 4.79 Å². The van der Waals surface area contributed by atoms with Crippen molar-refractivity contribution in [2.45, 2.75) is 6.92 Å². The zero-order chi connectivity index (χ0) is 16.2. The summed E-state index contributed by atoms with van der Waals surface area (Å²) in [7, 11) is 0. The Morgan fingerprint density at radius 2 is 2.04 bits per heavy atom. The molecular weight excluding hydrogens is 360 g/mol. The van der Waals surface area contributed by atoms with Gasteiger partial charge in [-0.05, 0) is 24.6 Å². The summed E-state index contributed by atoms with van der Waals surface area (Å²) in [6.45, 7) is 4.35. The van der Waals surface area contributed by atoms with E-state index in [0.29, 0.717) is 37.8 Å². The Morgan fingerprint density at radius 3 is 2.78 bits per heavy atom. The summed E-state index contributed by atoms with van der Waals surface area (Å²) in [6, 6.07) is 7.62. The van der Waals surface area contributed by atoms with E-state index in [1.165, 1.54) is 6.33 Å². The molecule has 0 spiro atoms. The highest BCUT2D eigenvalue weighted by Crippen LogP contribution is 2.23. The minimum absolute atomic E-state index is 0.0937.